The number of halogens is 2. The summed E-state index contributed by atoms with van der Waals surface area (Å²) in [7, 11) is 0. The first-order valence-electron chi connectivity index (χ1n) is 7.62. The smallest absolute Gasteiger partial charge is 0.225 e. The number of rotatable bonds is 3. The number of pyridine rings is 1. The standard InChI is InChI=1S/C17H18Cl2N2O/c18-12-7-8-13-11(6-9-14(19)21-13)16(12)15(17(20)22)10-4-2-1-3-5-10/h6-10,15H,1-5H2,(H2,20,22). The number of nitrogens with zero attached hydrogens (tertiary/aromatic N) is 1. The molecule has 116 valence electrons. The topological polar surface area (TPSA) is 56.0 Å². The number of amides is 1. The summed E-state index contributed by atoms with van der Waals surface area (Å²) in [4.78, 5) is 16.5. The van der Waals surface area contributed by atoms with E-state index in [9.17, 15) is 4.79 Å². The zero-order chi connectivity index (χ0) is 15.7. The molecule has 1 atom stereocenters. The van der Waals surface area contributed by atoms with Crippen LogP contribution in [0, 0.1) is 5.92 Å². The van der Waals surface area contributed by atoms with Crippen molar-refractivity contribution in [3.63, 3.8) is 0 Å². The number of carbonyl (C=O) groups excluding carboxylic acids is 1. The highest BCUT2D eigenvalue weighted by Crippen LogP contribution is 2.41. The zero-order valence-electron chi connectivity index (χ0n) is 12.2. The highest BCUT2D eigenvalue weighted by atomic mass is 35.5. The predicted octanol–water partition coefficient (Wildman–Crippen LogP) is 4.69. The van der Waals surface area contributed by atoms with Gasteiger partial charge in [-0.25, -0.2) is 4.98 Å². The molecule has 1 aromatic heterocycles. The van der Waals surface area contributed by atoms with Gasteiger partial charge in [-0.05, 0) is 48.6 Å². The molecule has 1 saturated carbocycles. The van der Waals surface area contributed by atoms with E-state index < -0.39 is 0 Å². The fourth-order valence-electron chi connectivity index (χ4n) is 3.57. The third-order valence-corrected chi connectivity index (χ3v) is 5.10. The van der Waals surface area contributed by atoms with Crippen LogP contribution in [0.3, 0.4) is 0 Å². The van der Waals surface area contributed by atoms with Gasteiger partial charge in [0.05, 0.1) is 11.4 Å². The lowest BCUT2D eigenvalue weighted by Gasteiger charge is -2.29. The van der Waals surface area contributed by atoms with Crippen LogP contribution in [-0.4, -0.2) is 10.9 Å². The monoisotopic (exact) mass is 336 g/mol. The Hall–Kier alpha value is -1.32. The van der Waals surface area contributed by atoms with Crippen LogP contribution in [0.2, 0.25) is 10.2 Å². The average molecular weight is 337 g/mol. The third kappa shape index (κ3) is 2.92. The van der Waals surface area contributed by atoms with Gasteiger partial charge >= 0.3 is 0 Å². The molecule has 1 amide bonds. The minimum atomic E-state index is -0.362. The summed E-state index contributed by atoms with van der Waals surface area (Å²) >= 11 is 12.4. The summed E-state index contributed by atoms with van der Waals surface area (Å²) in [5.74, 6) is -0.416. The van der Waals surface area contributed by atoms with Crippen LogP contribution in [0.25, 0.3) is 10.9 Å². The van der Waals surface area contributed by atoms with E-state index in [0.29, 0.717) is 10.2 Å². The molecule has 1 unspecified atom stereocenters. The molecule has 2 aromatic rings. The second-order valence-corrected chi connectivity index (χ2v) is 6.73. The Morgan fingerprint density at radius 2 is 1.86 bits per heavy atom. The Bertz CT molecular complexity index is 711. The van der Waals surface area contributed by atoms with Crippen LogP contribution in [0.1, 0.15) is 43.6 Å². The van der Waals surface area contributed by atoms with Gasteiger partial charge in [-0.3, -0.25) is 4.79 Å². The maximum Gasteiger partial charge on any atom is 0.225 e. The van der Waals surface area contributed by atoms with Crippen LogP contribution >= 0.6 is 23.2 Å². The summed E-state index contributed by atoms with van der Waals surface area (Å²) in [6.07, 6.45) is 5.53. The molecule has 0 spiro atoms. The molecule has 2 N–H and O–H groups in total. The van der Waals surface area contributed by atoms with Gasteiger partial charge in [0.25, 0.3) is 0 Å². The Kier molecular flexibility index (Phi) is 4.55. The van der Waals surface area contributed by atoms with Gasteiger partial charge in [-0.1, -0.05) is 42.5 Å². The van der Waals surface area contributed by atoms with E-state index in [4.69, 9.17) is 28.9 Å². The average Bonchev–Trinajstić information content (AvgIpc) is 2.50. The van der Waals surface area contributed by atoms with E-state index in [2.05, 4.69) is 4.98 Å². The van der Waals surface area contributed by atoms with Crippen molar-refractivity contribution in [3.8, 4) is 0 Å². The fraction of sp³-hybridized carbons (Fsp3) is 0.412. The molecule has 22 heavy (non-hydrogen) atoms. The molecule has 0 saturated heterocycles. The summed E-state index contributed by atoms with van der Waals surface area (Å²) in [6, 6.07) is 7.21. The molecule has 1 heterocycles. The van der Waals surface area contributed by atoms with Gasteiger partial charge in [0.2, 0.25) is 5.91 Å². The van der Waals surface area contributed by atoms with Crippen LogP contribution < -0.4 is 5.73 Å². The van der Waals surface area contributed by atoms with E-state index in [1.165, 1.54) is 6.42 Å². The normalized spacial score (nSPS) is 17.5. The largest absolute Gasteiger partial charge is 0.369 e. The molecule has 1 aliphatic carbocycles. The number of nitrogens with two attached hydrogens (primary N) is 1. The van der Waals surface area contributed by atoms with Crippen LogP contribution in [0.4, 0.5) is 0 Å². The number of aromatic nitrogens is 1. The SMILES string of the molecule is NC(=O)C(c1c(Cl)ccc2nc(Cl)ccc12)C1CCCCC1. The molecule has 1 aromatic carbocycles. The summed E-state index contributed by atoms with van der Waals surface area (Å²) in [6.45, 7) is 0. The van der Waals surface area contributed by atoms with Gasteiger partial charge in [-0.15, -0.1) is 0 Å². The summed E-state index contributed by atoms with van der Waals surface area (Å²) in [5, 5.41) is 1.87. The first-order valence-corrected chi connectivity index (χ1v) is 8.37. The van der Waals surface area contributed by atoms with Crippen LogP contribution in [0.5, 0.6) is 0 Å². The third-order valence-electron chi connectivity index (χ3n) is 4.56. The molecule has 3 nitrogen and oxygen atoms in total. The van der Waals surface area contributed by atoms with Crippen LogP contribution in [-0.2, 0) is 4.79 Å². The molecule has 1 aliphatic rings. The van der Waals surface area contributed by atoms with E-state index in [-0.39, 0.29) is 17.7 Å². The second-order valence-electron chi connectivity index (χ2n) is 5.94. The number of carbonyl (C=O) groups is 1. The van der Waals surface area contributed by atoms with Gasteiger partial charge in [0.1, 0.15) is 5.15 Å². The molecule has 1 fully saturated rings. The molecule has 0 aliphatic heterocycles. The van der Waals surface area contributed by atoms with Gasteiger partial charge in [0, 0.05) is 10.4 Å². The molecule has 0 bridgehead atoms. The Morgan fingerprint density at radius 1 is 1.14 bits per heavy atom. The van der Waals surface area contributed by atoms with E-state index in [1.54, 1.807) is 12.1 Å². The lowest BCUT2D eigenvalue weighted by molar-refractivity contribution is -0.120. The van der Waals surface area contributed by atoms with E-state index in [1.807, 2.05) is 12.1 Å². The number of benzene rings is 1. The Morgan fingerprint density at radius 3 is 2.55 bits per heavy atom. The van der Waals surface area contributed by atoms with Crippen molar-refractivity contribution in [2.45, 2.75) is 38.0 Å². The van der Waals surface area contributed by atoms with Crippen molar-refractivity contribution < 1.29 is 4.79 Å². The maximum atomic E-state index is 12.2. The lowest BCUT2D eigenvalue weighted by Crippen LogP contribution is -2.29. The Balaban J connectivity index is 2.16. The maximum absolute atomic E-state index is 12.2. The molecular formula is C17H18Cl2N2O. The highest BCUT2D eigenvalue weighted by molar-refractivity contribution is 6.33. The van der Waals surface area contributed by atoms with Crippen LogP contribution in [0.15, 0.2) is 24.3 Å². The zero-order valence-corrected chi connectivity index (χ0v) is 13.7. The minimum absolute atomic E-state index is 0.255. The minimum Gasteiger partial charge on any atom is -0.369 e. The quantitative estimate of drug-likeness (QED) is 0.826. The van der Waals surface area contributed by atoms with Gasteiger partial charge < -0.3 is 5.73 Å². The fourth-order valence-corrected chi connectivity index (χ4v) is 4.01. The van der Waals surface area contributed by atoms with Crippen molar-refractivity contribution >= 4 is 40.0 Å². The first-order chi connectivity index (χ1) is 10.6. The van der Waals surface area contributed by atoms with Gasteiger partial charge in [-0.2, -0.15) is 0 Å². The van der Waals surface area contributed by atoms with Crippen molar-refractivity contribution in [2.75, 3.05) is 0 Å². The van der Waals surface area contributed by atoms with Crippen molar-refractivity contribution in [1.29, 1.82) is 0 Å². The van der Waals surface area contributed by atoms with Crippen molar-refractivity contribution in [2.24, 2.45) is 11.7 Å². The van der Waals surface area contributed by atoms with E-state index in [0.717, 1.165) is 42.1 Å². The van der Waals surface area contributed by atoms with Crippen molar-refractivity contribution in [3.05, 3.63) is 40.0 Å². The number of primary amides is 1. The van der Waals surface area contributed by atoms with E-state index >= 15 is 0 Å². The highest BCUT2D eigenvalue weighted by Gasteiger charge is 2.32. The molecule has 3 rings (SSSR count). The first kappa shape index (κ1) is 15.6. The molecule has 0 radical (unpaired) electrons. The number of hydrogen-bond acceptors (Lipinski definition) is 2. The second kappa shape index (κ2) is 6.43. The molecular weight excluding hydrogens is 319 g/mol. The summed E-state index contributed by atoms with van der Waals surface area (Å²) < 4.78 is 0. The molecule has 5 heteroatoms. The predicted molar refractivity (Wildman–Crippen MR) is 90.3 cm³/mol. The lowest BCUT2D eigenvalue weighted by atomic mass is 9.75. The summed E-state index contributed by atoms with van der Waals surface area (Å²) in [5.41, 5.74) is 7.30. The number of fused-ring (bicyclic) bond motifs is 1. The van der Waals surface area contributed by atoms with Crippen molar-refractivity contribution in [1.82, 2.24) is 4.98 Å². The van der Waals surface area contributed by atoms with Gasteiger partial charge in [0.15, 0.2) is 0 Å². The number of hydrogen-bond donors (Lipinski definition) is 1. The Labute approximate surface area is 139 Å².